The molecule has 0 N–H and O–H groups in total. The van der Waals surface area contributed by atoms with Crippen molar-refractivity contribution in [3.05, 3.63) is 46.0 Å². The van der Waals surface area contributed by atoms with Gasteiger partial charge >= 0.3 is 0 Å². The number of allylic oxidation sites excluding steroid dienone is 1. The van der Waals surface area contributed by atoms with Gasteiger partial charge in [-0.1, -0.05) is 41.4 Å². The molecule has 0 atom stereocenters. The molecule has 0 bridgehead atoms. The SMILES string of the molecule is C=C1CCC(c2ccc(Cl)c(Cl)c2)CC1. The predicted octanol–water partition coefficient (Wildman–Crippen LogP) is 5.21. The lowest BCUT2D eigenvalue weighted by molar-refractivity contribution is 0.518. The van der Waals surface area contributed by atoms with Crippen molar-refractivity contribution < 1.29 is 0 Å². The quantitative estimate of drug-likeness (QED) is 0.592. The average Bonchev–Trinajstić information content (AvgIpc) is 2.23. The fourth-order valence-corrected chi connectivity index (χ4v) is 2.43. The van der Waals surface area contributed by atoms with E-state index in [4.69, 9.17) is 23.2 Å². The van der Waals surface area contributed by atoms with Gasteiger partial charge in [0.15, 0.2) is 0 Å². The molecule has 0 aliphatic heterocycles. The highest BCUT2D eigenvalue weighted by atomic mass is 35.5. The number of rotatable bonds is 1. The number of hydrogen-bond donors (Lipinski definition) is 0. The lowest BCUT2D eigenvalue weighted by Gasteiger charge is -2.23. The molecule has 1 aliphatic carbocycles. The Kier molecular flexibility index (Phi) is 3.38. The molecule has 1 fully saturated rings. The fourth-order valence-electron chi connectivity index (χ4n) is 2.13. The van der Waals surface area contributed by atoms with Crippen LogP contribution >= 0.6 is 23.2 Å². The second-order valence-electron chi connectivity index (χ2n) is 4.20. The predicted molar refractivity (Wildman–Crippen MR) is 66.8 cm³/mol. The smallest absolute Gasteiger partial charge is 0.0595 e. The summed E-state index contributed by atoms with van der Waals surface area (Å²) in [5, 5.41) is 1.30. The summed E-state index contributed by atoms with van der Waals surface area (Å²) < 4.78 is 0. The van der Waals surface area contributed by atoms with Crippen LogP contribution in [-0.2, 0) is 0 Å². The van der Waals surface area contributed by atoms with Crippen molar-refractivity contribution in [1.29, 1.82) is 0 Å². The van der Waals surface area contributed by atoms with Gasteiger partial charge in [-0.3, -0.25) is 0 Å². The zero-order valence-corrected chi connectivity index (χ0v) is 10.1. The Balaban J connectivity index is 2.16. The van der Waals surface area contributed by atoms with Gasteiger partial charge in [0, 0.05) is 0 Å². The molecule has 0 spiro atoms. The first-order chi connectivity index (χ1) is 7.16. The fraction of sp³-hybridized carbons (Fsp3) is 0.385. The molecular weight excluding hydrogens is 227 g/mol. The van der Waals surface area contributed by atoms with Crippen LogP contribution in [-0.4, -0.2) is 0 Å². The van der Waals surface area contributed by atoms with E-state index in [1.807, 2.05) is 12.1 Å². The third-order valence-electron chi connectivity index (χ3n) is 3.11. The number of halogens is 2. The van der Waals surface area contributed by atoms with Crippen LogP contribution < -0.4 is 0 Å². The molecule has 0 heterocycles. The van der Waals surface area contributed by atoms with Gasteiger partial charge in [0.25, 0.3) is 0 Å². The van der Waals surface area contributed by atoms with Crippen molar-refractivity contribution in [3.63, 3.8) is 0 Å². The van der Waals surface area contributed by atoms with Crippen LogP contribution in [0.25, 0.3) is 0 Å². The maximum Gasteiger partial charge on any atom is 0.0595 e. The minimum atomic E-state index is 0.630. The van der Waals surface area contributed by atoms with Gasteiger partial charge in [-0.15, -0.1) is 0 Å². The summed E-state index contributed by atoms with van der Waals surface area (Å²) in [6, 6.07) is 5.98. The van der Waals surface area contributed by atoms with E-state index in [2.05, 4.69) is 12.6 Å². The van der Waals surface area contributed by atoms with Gasteiger partial charge in [0.1, 0.15) is 0 Å². The summed E-state index contributed by atoms with van der Waals surface area (Å²) in [6.45, 7) is 4.03. The zero-order chi connectivity index (χ0) is 10.8. The highest BCUT2D eigenvalue weighted by Crippen LogP contribution is 2.36. The number of benzene rings is 1. The van der Waals surface area contributed by atoms with Crippen molar-refractivity contribution in [2.75, 3.05) is 0 Å². The molecule has 0 nitrogen and oxygen atoms in total. The highest BCUT2D eigenvalue weighted by Gasteiger charge is 2.17. The Morgan fingerprint density at radius 1 is 1.07 bits per heavy atom. The minimum absolute atomic E-state index is 0.630. The van der Waals surface area contributed by atoms with E-state index in [1.54, 1.807) is 0 Å². The highest BCUT2D eigenvalue weighted by molar-refractivity contribution is 6.42. The standard InChI is InChI=1S/C13H14Cl2/c1-9-2-4-10(5-3-9)11-6-7-12(14)13(15)8-11/h6-8,10H,1-5H2. The van der Waals surface area contributed by atoms with Crippen molar-refractivity contribution in [2.45, 2.75) is 31.6 Å². The van der Waals surface area contributed by atoms with Crippen molar-refractivity contribution in [3.8, 4) is 0 Å². The van der Waals surface area contributed by atoms with Crippen LogP contribution in [0.15, 0.2) is 30.4 Å². The normalized spacial score (nSPS) is 18.1. The van der Waals surface area contributed by atoms with E-state index in [-0.39, 0.29) is 0 Å². The molecule has 80 valence electrons. The first-order valence-electron chi connectivity index (χ1n) is 5.28. The van der Waals surface area contributed by atoms with Gasteiger partial charge < -0.3 is 0 Å². The van der Waals surface area contributed by atoms with Crippen LogP contribution in [0.4, 0.5) is 0 Å². The molecule has 0 saturated heterocycles. The third kappa shape index (κ3) is 2.56. The van der Waals surface area contributed by atoms with Crippen LogP contribution in [0.1, 0.15) is 37.2 Å². The average molecular weight is 241 g/mol. The molecule has 2 rings (SSSR count). The Bertz CT molecular complexity index is 372. The first kappa shape index (κ1) is 11.0. The molecule has 0 unspecified atom stereocenters. The number of hydrogen-bond acceptors (Lipinski definition) is 0. The molecule has 1 aromatic carbocycles. The summed E-state index contributed by atoms with van der Waals surface area (Å²) >= 11 is 11.9. The summed E-state index contributed by atoms with van der Waals surface area (Å²) in [5.74, 6) is 0.630. The maximum absolute atomic E-state index is 6.01. The Hall–Kier alpha value is -0.460. The van der Waals surface area contributed by atoms with Gasteiger partial charge in [-0.2, -0.15) is 0 Å². The molecule has 1 saturated carbocycles. The van der Waals surface area contributed by atoms with Crippen molar-refractivity contribution >= 4 is 23.2 Å². The van der Waals surface area contributed by atoms with Crippen LogP contribution in [0.3, 0.4) is 0 Å². The van der Waals surface area contributed by atoms with E-state index in [0.717, 1.165) is 12.8 Å². The van der Waals surface area contributed by atoms with Crippen LogP contribution in [0.5, 0.6) is 0 Å². The Morgan fingerprint density at radius 2 is 1.73 bits per heavy atom. The molecular formula is C13H14Cl2. The Labute approximate surface area is 101 Å². The summed E-state index contributed by atoms with van der Waals surface area (Å²) in [4.78, 5) is 0. The second-order valence-corrected chi connectivity index (χ2v) is 5.01. The summed E-state index contributed by atoms with van der Waals surface area (Å²) in [5.41, 5.74) is 2.70. The molecule has 0 radical (unpaired) electrons. The minimum Gasteiger partial charge on any atom is -0.0999 e. The first-order valence-corrected chi connectivity index (χ1v) is 6.04. The monoisotopic (exact) mass is 240 g/mol. The van der Waals surface area contributed by atoms with Gasteiger partial charge in [0.05, 0.1) is 10.0 Å². The Morgan fingerprint density at radius 3 is 2.33 bits per heavy atom. The summed E-state index contributed by atoms with van der Waals surface area (Å²) in [6.07, 6.45) is 4.67. The molecule has 1 aromatic rings. The molecule has 0 aromatic heterocycles. The van der Waals surface area contributed by atoms with E-state index in [9.17, 15) is 0 Å². The van der Waals surface area contributed by atoms with Gasteiger partial charge in [-0.25, -0.2) is 0 Å². The molecule has 15 heavy (non-hydrogen) atoms. The van der Waals surface area contributed by atoms with E-state index in [1.165, 1.54) is 24.0 Å². The van der Waals surface area contributed by atoms with E-state index >= 15 is 0 Å². The molecule has 1 aliphatic rings. The van der Waals surface area contributed by atoms with Gasteiger partial charge in [0.2, 0.25) is 0 Å². The van der Waals surface area contributed by atoms with Crippen LogP contribution in [0.2, 0.25) is 10.0 Å². The topological polar surface area (TPSA) is 0 Å². The summed E-state index contributed by atoms with van der Waals surface area (Å²) in [7, 11) is 0. The van der Waals surface area contributed by atoms with Crippen molar-refractivity contribution in [2.24, 2.45) is 0 Å². The third-order valence-corrected chi connectivity index (χ3v) is 3.85. The van der Waals surface area contributed by atoms with E-state index in [0.29, 0.717) is 16.0 Å². The molecule has 2 heteroatoms. The van der Waals surface area contributed by atoms with Gasteiger partial charge in [-0.05, 0) is 49.3 Å². The molecule has 0 amide bonds. The maximum atomic E-state index is 6.01. The second kappa shape index (κ2) is 4.59. The lowest BCUT2D eigenvalue weighted by atomic mass is 9.82. The largest absolute Gasteiger partial charge is 0.0999 e. The zero-order valence-electron chi connectivity index (χ0n) is 8.60. The lowest BCUT2D eigenvalue weighted by Crippen LogP contribution is -2.05. The van der Waals surface area contributed by atoms with Crippen molar-refractivity contribution in [1.82, 2.24) is 0 Å². The van der Waals surface area contributed by atoms with E-state index < -0.39 is 0 Å². The van der Waals surface area contributed by atoms with Crippen LogP contribution in [0, 0.1) is 0 Å².